The van der Waals surface area contributed by atoms with Crippen LogP contribution in [0.15, 0.2) is 34.9 Å². The third-order valence-corrected chi connectivity index (χ3v) is 2.28. The maximum Gasteiger partial charge on any atom is 0.152 e. The molecule has 0 spiro atoms. The summed E-state index contributed by atoms with van der Waals surface area (Å²) in [6, 6.07) is 7.49. The molecule has 0 aliphatic rings. The molecule has 0 saturated heterocycles. The largest absolute Gasteiger partial charge is 0.298 e. The Bertz CT molecular complexity index is 467. The second-order valence-corrected chi connectivity index (χ2v) is 3.60. The van der Waals surface area contributed by atoms with Crippen LogP contribution in [0.3, 0.4) is 0 Å². The van der Waals surface area contributed by atoms with E-state index in [0.29, 0.717) is 5.56 Å². The van der Waals surface area contributed by atoms with Gasteiger partial charge >= 0.3 is 0 Å². The molecule has 0 bridgehead atoms. The quantitative estimate of drug-likeness (QED) is 0.712. The molecule has 1 heterocycles. The number of carbonyl (C=O) groups excluding carboxylic acids is 1. The first-order valence-corrected chi connectivity index (χ1v) is 4.60. The average Bonchev–Trinajstić information content (AvgIpc) is 2.16. The summed E-state index contributed by atoms with van der Waals surface area (Å²) in [5.41, 5.74) is 1.37. The third-order valence-electron chi connectivity index (χ3n) is 1.83. The molecule has 13 heavy (non-hydrogen) atoms. The van der Waals surface area contributed by atoms with E-state index in [1.807, 2.05) is 18.2 Å². The number of fused-ring (bicyclic) bond motifs is 1. The van der Waals surface area contributed by atoms with Gasteiger partial charge in [-0.15, -0.1) is 0 Å². The maximum atomic E-state index is 10.7. The van der Waals surface area contributed by atoms with Crippen LogP contribution in [0, 0.1) is 0 Å². The molecule has 64 valence electrons. The molecule has 0 aliphatic heterocycles. The molecule has 0 atom stereocenters. The van der Waals surface area contributed by atoms with Crippen LogP contribution in [-0.4, -0.2) is 11.3 Å². The van der Waals surface area contributed by atoms with Crippen molar-refractivity contribution in [3.8, 4) is 0 Å². The number of benzene rings is 1. The lowest BCUT2D eigenvalue weighted by Gasteiger charge is -1.99. The Kier molecular flexibility index (Phi) is 2.10. The van der Waals surface area contributed by atoms with Crippen molar-refractivity contribution in [2.45, 2.75) is 0 Å². The van der Waals surface area contributed by atoms with Gasteiger partial charge in [-0.1, -0.05) is 22.0 Å². The minimum absolute atomic E-state index is 0.616. The van der Waals surface area contributed by atoms with Crippen molar-refractivity contribution in [1.82, 2.24) is 4.98 Å². The summed E-state index contributed by atoms with van der Waals surface area (Å²) in [6.07, 6.45) is 2.50. The number of hydrogen-bond donors (Lipinski definition) is 0. The van der Waals surface area contributed by atoms with Crippen molar-refractivity contribution in [2.75, 3.05) is 0 Å². The second-order valence-electron chi connectivity index (χ2n) is 2.69. The molecule has 0 unspecified atom stereocenters. The van der Waals surface area contributed by atoms with Crippen LogP contribution in [0.4, 0.5) is 0 Å². The zero-order valence-electron chi connectivity index (χ0n) is 6.70. The van der Waals surface area contributed by atoms with Crippen LogP contribution in [0.5, 0.6) is 0 Å². The summed E-state index contributed by atoms with van der Waals surface area (Å²) in [5.74, 6) is 0. The number of aromatic nitrogens is 1. The highest BCUT2D eigenvalue weighted by Gasteiger charge is 2.01. The Morgan fingerprint density at radius 1 is 1.38 bits per heavy atom. The smallest absolute Gasteiger partial charge is 0.152 e. The average molecular weight is 236 g/mol. The van der Waals surface area contributed by atoms with E-state index in [4.69, 9.17) is 0 Å². The van der Waals surface area contributed by atoms with Gasteiger partial charge in [0.25, 0.3) is 0 Å². The molecule has 2 nitrogen and oxygen atoms in total. The Morgan fingerprint density at radius 2 is 2.23 bits per heavy atom. The molecule has 0 N–H and O–H groups in total. The Hall–Kier alpha value is -1.22. The fourth-order valence-electron chi connectivity index (χ4n) is 1.27. The molecule has 1 aromatic heterocycles. The number of carbonyl (C=O) groups is 1. The number of nitrogens with zero attached hydrogens (tertiary/aromatic N) is 1. The van der Waals surface area contributed by atoms with E-state index < -0.39 is 0 Å². The van der Waals surface area contributed by atoms with Crippen molar-refractivity contribution in [1.29, 1.82) is 0 Å². The molecule has 2 aromatic rings. The lowest BCUT2D eigenvalue weighted by atomic mass is 10.1. The summed E-state index contributed by atoms with van der Waals surface area (Å²) in [5, 5.41) is 0.971. The summed E-state index contributed by atoms with van der Waals surface area (Å²) < 4.78 is 0.898. The van der Waals surface area contributed by atoms with Gasteiger partial charge in [-0.2, -0.15) is 0 Å². The zero-order chi connectivity index (χ0) is 9.26. The fraction of sp³-hybridized carbons (Fsp3) is 0. The van der Waals surface area contributed by atoms with Crippen LogP contribution >= 0.6 is 15.9 Å². The van der Waals surface area contributed by atoms with Crippen LogP contribution < -0.4 is 0 Å². The standard InChI is InChI=1S/C10H6BrNO/c11-9-4-7-2-1-3-12-10(7)8(5-9)6-13/h1-6H. The van der Waals surface area contributed by atoms with Crippen molar-refractivity contribution < 1.29 is 4.79 Å². The maximum absolute atomic E-state index is 10.7. The van der Waals surface area contributed by atoms with Crippen LogP contribution in [-0.2, 0) is 0 Å². The van der Waals surface area contributed by atoms with Crippen molar-refractivity contribution in [3.63, 3.8) is 0 Å². The van der Waals surface area contributed by atoms with Crippen LogP contribution in [0.25, 0.3) is 10.9 Å². The number of halogens is 1. The monoisotopic (exact) mass is 235 g/mol. The SMILES string of the molecule is O=Cc1cc(Br)cc2cccnc12. The van der Waals surface area contributed by atoms with E-state index in [9.17, 15) is 4.79 Å². The highest BCUT2D eigenvalue weighted by atomic mass is 79.9. The first-order valence-electron chi connectivity index (χ1n) is 3.81. The van der Waals surface area contributed by atoms with Gasteiger partial charge in [-0.05, 0) is 18.2 Å². The van der Waals surface area contributed by atoms with Crippen LogP contribution in [0.1, 0.15) is 10.4 Å². The molecule has 0 fully saturated rings. The van der Waals surface area contributed by atoms with E-state index >= 15 is 0 Å². The Morgan fingerprint density at radius 3 is 3.00 bits per heavy atom. The predicted molar refractivity (Wildman–Crippen MR) is 54.8 cm³/mol. The Balaban J connectivity index is 2.89. The normalized spacial score (nSPS) is 10.2. The van der Waals surface area contributed by atoms with Crippen molar-refractivity contribution >= 4 is 33.1 Å². The topological polar surface area (TPSA) is 30.0 Å². The molecule has 2 rings (SSSR count). The van der Waals surface area contributed by atoms with Gasteiger partial charge < -0.3 is 0 Å². The summed E-state index contributed by atoms with van der Waals surface area (Å²) in [4.78, 5) is 14.9. The fourth-order valence-corrected chi connectivity index (χ4v) is 1.77. The molecule has 0 saturated carbocycles. The third kappa shape index (κ3) is 1.47. The zero-order valence-corrected chi connectivity index (χ0v) is 8.28. The first kappa shape index (κ1) is 8.38. The highest BCUT2D eigenvalue weighted by Crippen LogP contribution is 2.21. The Labute approximate surface area is 83.7 Å². The van der Waals surface area contributed by atoms with Gasteiger partial charge in [0.2, 0.25) is 0 Å². The van der Waals surface area contributed by atoms with E-state index in [-0.39, 0.29) is 0 Å². The highest BCUT2D eigenvalue weighted by molar-refractivity contribution is 9.10. The van der Waals surface area contributed by atoms with Gasteiger partial charge in [-0.25, -0.2) is 0 Å². The number of rotatable bonds is 1. The number of pyridine rings is 1. The molecular weight excluding hydrogens is 230 g/mol. The summed E-state index contributed by atoms with van der Waals surface area (Å²) in [7, 11) is 0. The van der Waals surface area contributed by atoms with E-state index in [0.717, 1.165) is 21.7 Å². The minimum Gasteiger partial charge on any atom is -0.298 e. The molecule has 1 aromatic carbocycles. The van der Waals surface area contributed by atoms with Gasteiger partial charge in [0.05, 0.1) is 5.52 Å². The van der Waals surface area contributed by atoms with Crippen molar-refractivity contribution in [2.24, 2.45) is 0 Å². The summed E-state index contributed by atoms with van der Waals surface area (Å²) in [6.45, 7) is 0. The molecule has 0 amide bonds. The molecule has 0 aliphatic carbocycles. The van der Waals surface area contributed by atoms with Gasteiger partial charge in [-0.3, -0.25) is 9.78 Å². The van der Waals surface area contributed by atoms with Gasteiger partial charge in [0, 0.05) is 21.6 Å². The lowest BCUT2D eigenvalue weighted by Crippen LogP contribution is -1.86. The van der Waals surface area contributed by atoms with E-state index in [1.54, 1.807) is 12.3 Å². The van der Waals surface area contributed by atoms with E-state index in [2.05, 4.69) is 20.9 Å². The lowest BCUT2D eigenvalue weighted by molar-refractivity contribution is 0.112. The number of hydrogen-bond acceptors (Lipinski definition) is 2. The van der Waals surface area contributed by atoms with Crippen LogP contribution in [0.2, 0.25) is 0 Å². The van der Waals surface area contributed by atoms with Gasteiger partial charge in [0.15, 0.2) is 6.29 Å². The summed E-state index contributed by atoms with van der Waals surface area (Å²) >= 11 is 3.34. The van der Waals surface area contributed by atoms with Gasteiger partial charge in [0.1, 0.15) is 0 Å². The number of aldehydes is 1. The predicted octanol–water partition coefficient (Wildman–Crippen LogP) is 2.81. The second kappa shape index (κ2) is 3.26. The van der Waals surface area contributed by atoms with Crippen molar-refractivity contribution in [3.05, 3.63) is 40.5 Å². The van der Waals surface area contributed by atoms with E-state index in [1.165, 1.54) is 0 Å². The molecule has 0 radical (unpaired) electrons. The minimum atomic E-state index is 0.616. The first-order chi connectivity index (χ1) is 6.31. The molecular formula is C10H6BrNO. The molecule has 3 heteroatoms.